The van der Waals surface area contributed by atoms with Crippen LogP contribution in [0, 0.1) is 6.92 Å². The molecular weight excluding hydrogens is 312 g/mol. The van der Waals surface area contributed by atoms with Crippen LogP contribution in [0.3, 0.4) is 0 Å². The maximum absolute atomic E-state index is 12.4. The number of benzene rings is 2. The Balaban J connectivity index is 2.06. The minimum atomic E-state index is -0.372. The predicted molar refractivity (Wildman–Crippen MR) is 101 cm³/mol. The zero-order valence-corrected chi connectivity index (χ0v) is 14.8. The van der Waals surface area contributed by atoms with Crippen molar-refractivity contribution >= 4 is 16.9 Å². The number of hydrogen-bond acceptors (Lipinski definition) is 3. The maximum Gasteiger partial charge on any atom is 0.416 e. The van der Waals surface area contributed by atoms with Gasteiger partial charge in [-0.05, 0) is 38.3 Å². The Morgan fingerprint density at radius 3 is 2.40 bits per heavy atom. The van der Waals surface area contributed by atoms with Crippen molar-refractivity contribution in [1.82, 2.24) is 9.88 Å². The third-order valence-corrected chi connectivity index (χ3v) is 4.26. The van der Waals surface area contributed by atoms with Crippen LogP contribution in [0.2, 0.25) is 0 Å². The number of nitrogens with zero attached hydrogens (tertiary/aromatic N) is 2. The van der Waals surface area contributed by atoms with Crippen LogP contribution in [0.15, 0.2) is 54.6 Å². The number of aromatic nitrogens is 1. The topological polar surface area (TPSA) is 42.4 Å². The number of amides is 1. The van der Waals surface area contributed by atoms with E-state index in [2.05, 4.69) is 11.9 Å². The molecule has 4 nitrogen and oxygen atoms in total. The molecule has 0 N–H and O–H groups in total. The number of hydrogen-bond donors (Lipinski definition) is 0. The number of aryl methyl sites for hydroxylation is 1. The highest BCUT2D eigenvalue weighted by Gasteiger charge is 2.16. The largest absolute Gasteiger partial charge is 0.416 e. The fraction of sp³-hybridized carbons (Fsp3) is 0.238. The molecule has 0 aliphatic carbocycles. The lowest BCUT2D eigenvalue weighted by Crippen LogP contribution is -2.33. The predicted octanol–water partition coefficient (Wildman–Crippen LogP) is 5.05. The first-order valence-corrected chi connectivity index (χ1v) is 8.56. The van der Waals surface area contributed by atoms with Crippen LogP contribution >= 0.6 is 0 Å². The SMILES string of the molecule is CCN(CC)C(=O)Oc1nc(-c2ccc(C)cc2)cc2ccccc12. The minimum absolute atomic E-state index is 0.352. The van der Waals surface area contributed by atoms with Gasteiger partial charge in [0.25, 0.3) is 0 Å². The van der Waals surface area contributed by atoms with Gasteiger partial charge in [0.15, 0.2) is 0 Å². The first-order valence-electron chi connectivity index (χ1n) is 8.56. The van der Waals surface area contributed by atoms with E-state index in [1.807, 2.05) is 68.4 Å². The van der Waals surface area contributed by atoms with Crippen LogP contribution in [0.25, 0.3) is 22.0 Å². The van der Waals surface area contributed by atoms with Crippen LogP contribution in [-0.4, -0.2) is 29.1 Å². The molecule has 0 radical (unpaired) electrons. The summed E-state index contributed by atoms with van der Waals surface area (Å²) in [4.78, 5) is 18.6. The molecule has 4 heteroatoms. The molecule has 25 heavy (non-hydrogen) atoms. The molecule has 0 spiro atoms. The van der Waals surface area contributed by atoms with Gasteiger partial charge in [0.1, 0.15) is 0 Å². The highest BCUT2D eigenvalue weighted by Crippen LogP contribution is 2.29. The van der Waals surface area contributed by atoms with Crippen molar-refractivity contribution in [2.45, 2.75) is 20.8 Å². The second-order valence-corrected chi connectivity index (χ2v) is 5.94. The van der Waals surface area contributed by atoms with E-state index in [9.17, 15) is 4.79 Å². The van der Waals surface area contributed by atoms with Gasteiger partial charge >= 0.3 is 6.09 Å². The molecule has 2 aromatic carbocycles. The number of carbonyl (C=O) groups excluding carboxylic acids is 1. The summed E-state index contributed by atoms with van der Waals surface area (Å²) < 4.78 is 5.63. The molecule has 1 heterocycles. The normalized spacial score (nSPS) is 10.7. The Labute approximate surface area is 148 Å². The third-order valence-electron chi connectivity index (χ3n) is 4.26. The molecule has 0 saturated heterocycles. The molecule has 0 unspecified atom stereocenters. The second kappa shape index (κ2) is 7.34. The summed E-state index contributed by atoms with van der Waals surface area (Å²) in [6, 6.07) is 18.0. The summed E-state index contributed by atoms with van der Waals surface area (Å²) in [6.07, 6.45) is -0.372. The van der Waals surface area contributed by atoms with Crippen LogP contribution in [0.1, 0.15) is 19.4 Å². The van der Waals surface area contributed by atoms with E-state index in [0.29, 0.717) is 19.0 Å². The molecule has 1 aromatic heterocycles. The van der Waals surface area contributed by atoms with Crippen molar-refractivity contribution in [3.8, 4) is 17.1 Å². The number of pyridine rings is 1. The monoisotopic (exact) mass is 334 g/mol. The van der Waals surface area contributed by atoms with Crippen molar-refractivity contribution in [2.75, 3.05) is 13.1 Å². The molecule has 0 atom stereocenters. The van der Waals surface area contributed by atoms with E-state index in [1.54, 1.807) is 4.90 Å². The number of rotatable bonds is 4. The number of fused-ring (bicyclic) bond motifs is 1. The highest BCUT2D eigenvalue weighted by atomic mass is 16.6. The van der Waals surface area contributed by atoms with Crippen LogP contribution < -0.4 is 4.74 Å². The summed E-state index contributed by atoms with van der Waals surface area (Å²) >= 11 is 0. The summed E-state index contributed by atoms with van der Waals surface area (Å²) in [5, 5.41) is 1.83. The molecule has 128 valence electrons. The van der Waals surface area contributed by atoms with Gasteiger partial charge in [-0.1, -0.05) is 48.0 Å². The van der Waals surface area contributed by atoms with Gasteiger partial charge in [0.2, 0.25) is 5.88 Å². The van der Waals surface area contributed by atoms with E-state index in [0.717, 1.165) is 22.0 Å². The van der Waals surface area contributed by atoms with Crippen LogP contribution in [-0.2, 0) is 0 Å². The van der Waals surface area contributed by atoms with Crippen molar-refractivity contribution in [3.05, 3.63) is 60.2 Å². The zero-order valence-electron chi connectivity index (χ0n) is 14.8. The average molecular weight is 334 g/mol. The van der Waals surface area contributed by atoms with Crippen LogP contribution in [0.5, 0.6) is 5.88 Å². The quantitative estimate of drug-likeness (QED) is 0.670. The van der Waals surface area contributed by atoms with Gasteiger partial charge in [0, 0.05) is 24.0 Å². The lowest BCUT2D eigenvalue weighted by atomic mass is 10.1. The van der Waals surface area contributed by atoms with Crippen molar-refractivity contribution in [2.24, 2.45) is 0 Å². The van der Waals surface area contributed by atoms with E-state index in [1.165, 1.54) is 5.56 Å². The summed E-state index contributed by atoms with van der Waals surface area (Å²) in [7, 11) is 0. The van der Waals surface area contributed by atoms with Gasteiger partial charge in [0.05, 0.1) is 5.69 Å². The fourth-order valence-corrected chi connectivity index (χ4v) is 2.75. The summed E-state index contributed by atoms with van der Waals surface area (Å²) in [6.45, 7) is 7.11. The van der Waals surface area contributed by atoms with Gasteiger partial charge in [-0.2, -0.15) is 0 Å². The lowest BCUT2D eigenvalue weighted by Gasteiger charge is -2.18. The molecule has 0 aliphatic rings. The minimum Gasteiger partial charge on any atom is -0.390 e. The number of ether oxygens (including phenoxy) is 1. The van der Waals surface area contributed by atoms with Gasteiger partial charge in [-0.15, -0.1) is 0 Å². The summed E-state index contributed by atoms with van der Waals surface area (Å²) in [5.41, 5.74) is 2.98. The van der Waals surface area contributed by atoms with Gasteiger partial charge < -0.3 is 9.64 Å². The van der Waals surface area contributed by atoms with Crippen LogP contribution in [0.4, 0.5) is 4.79 Å². The Kier molecular flexibility index (Phi) is 4.98. The van der Waals surface area contributed by atoms with E-state index >= 15 is 0 Å². The molecule has 1 amide bonds. The summed E-state index contributed by atoms with van der Waals surface area (Å²) in [5.74, 6) is 0.352. The number of carbonyl (C=O) groups is 1. The third kappa shape index (κ3) is 3.63. The van der Waals surface area contributed by atoms with Crippen molar-refractivity contribution in [3.63, 3.8) is 0 Å². The van der Waals surface area contributed by atoms with E-state index < -0.39 is 0 Å². The Bertz CT molecular complexity index is 884. The van der Waals surface area contributed by atoms with Crippen molar-refractivity contribution < 1.29 is 9.53 Å². The van der Waals surface area contributed by atoms with E-state index in [4.69, 9.17) is 4.74 Å². The molecule has 3 rings (SSSR count). The molecule has 0 saturated carbocycles. The molecule has 3 aromatic rings. The Morgan fingerprint density at radius 2 is 1.72 bits per heavy atom. The van der Waals surface area contributed by atoms with Gasteiger partial charge in [-0.25, -0.2) is 9.78 Å². The molecule has 0 fully saturated rings. The first-order chi connectivity index (χ1) is 12.1. The lowest BCUT2D eigenvalue weighted by molar-refractivity contribution is 0.156. The average Bonchev–Trinajstić information content (AvgIpc) is 2.63. The second-order valence-electron chi connectivity index (χ2n) is 5.94. The zero-order chi connectivity index (χ0) is 17.8. The Morgan fingerprint density at radius 1 is 1.04 bits per heavy atom. The molecular formula is C21H22N2O2. The highest BCUT2D eigenvalue weighted by molar-refractivity contribution is 5.91. The van der Waals surface area contributed by atoms with Crippen molar-refractivity contribution in [1.29, 1.82) is 0 Å². The molecule has 0 bridgehead atoms. The standard InChI is InChI=1S/C21H22N2O2/c1-4-23(5-2)21(24)25-20-18-9-7-6-8-17(18)14-19(22-20)16-12-10-15(3)11-13-16/h6-14H,4-5H2,1-3H3. The Hall–Kier alpha value is -2.88. The first kappa shape index (κ1) is 17.0. The van der Waals surface area contributed by atoms with E-state index in [-0.39, 0.29) is 6.09 Å². The maximum atomic E-state index is 12.4. The molecule has 0 aliphatic heterocycles. The smallest absolute Gasteiger partial charge is 0.390 e. The fourth-order valence-electron chi connectivity index (χ4n) is 2.75. The van der Waals surface area contributed by atoms with Gasteiger partial charge in [-0.3, -0.25) is 0 Å².